The molecule has 1 aliphatic heterocycles. The van der Waals surface area contributed by atoms with E-state index in [-0.39, 0.29) is 11.9 Å². The summed E-state index contributed by atoms with van der Waals surface area (Å²) in [5.74, 6) is 6.47. The van der Waals surface area contributed by atoms with Crippen molar-refractivity contribution in [3.63, 3.8) is 0 Å². The molecular weight excluding hydrogens is 495 g/mol. The lowest BCUT2D eigenvalue weighted by Crippen LogP contribution is -2.38. The fourth-order valence-electron chi connectivity index (χ4n) is 3.83. The van der Waals surface area contributed by atoms with E-state index in [2.05, 4.69) is 22.9 Å². The van der Waals surface area contributed by atoms with Gasteiger partial charge in [-0.05, 0) is 87.2 Å². The topological polar surface area (TPSA) is 42.4 Å². The molecule has 186 valence electrons. The molecule has 4 rings (SSSR count). The number of benzene rings is 2. The van der Waals surface area contributed by atoms with Gasteiger partial charge in [-0.3, -0.25) is 4.98 Å². The van der Waals surface area contributed by atoms with Crippen LogP contribution in [0.15, 0.2) is 59.6 Å². The fourth-order valence-corrected chi connectivity index (χ4v) is 5.25. The Morgan fingerprint density at radius 3 is 2.44 bits per heavy atom. The Morgan fingerprint density at radius 2 is 1.75 bits per heavy atom. The van der Waals surface area contributed by atoms with Gasteiger partial charge in [0.2, 0.25) is 0 Å². The van der Waals surface area contributed by atoms with Crippen molar-refractivity contribution in [1.29, 1.82) is 0 Å². The Balaban J connectivity index is 1.42. The van der Waals surface area contributed by atoms with Crippen molar-refractivity contribution in [2.24, 2.45) is 0 Å². The van der Waals surface area contributed by atoms with Crippen molar-refractivity contribution >= 4 is 29.5 Å². The van der Waals surface area contributed by atoms with Crippen LogP contribution < -0.4 is 0 Å². The first kappa shape index (κ1) is 26.1. The van der Waals surface area contributed by atoms with Gasteiger partial charge in [-0.25, -0.2) is 9.18 Å². The van der Waals surface area contributed by atoms with Crippen molar-refractivity contribution < 1.29 is 13.9 Å². The molecule has 36 heavy (non-hydrogen) atoms. The smallest absolute Gasteiger partial charge is 0.410 e. The van der Waals surface area contributed by atoms with Gasteiger partial charge in [0.25, 0.3) is 0 Å². The van der Waals surface area contributed by atoms with Gasteiger partial charge in [-0.2, -0.15) is 0 Å². The lowest BCUT2D eigenvalue weighted by Gasteiger charge is -2.26. The quantitative estimate of drug-likeness (QED) is 0.277. The van der Waals surface area contributed by atoms with Gasteiger partial charge in [-0.15, -0.1) is 11.8 Å². The minimum atomic E-state index is -0.518. The maximum Gasteiger partial charge on any atom is 0.410 e. The van der Waals surface area contributed by atoms with Crippen LogP contribution in [0.1, 0.15) is 48.7 Å². The summed E-state index contributed by atoms with van der Waals surface area (Å²) in [6, 6.07) is 14.0. The Labute approximate surface area is 221 Å². The molecule has 0 radical (unpaired) electrons. The highest BCUT2D eigenvalue weighted by Crippen LogP contribution is 2.36. The molecule has 0 spiro atoms. The molecule has 0 aliphatic carbocycles. The minimum absolute atomic E-state index is 0.276. The molecule has 0 N–H and O–H groups in total. The number of carbonyl (C=O) groups is 1. The summed E-state index contributed by atoms with van der Waals surface area (Å²) in [6.45, 7) is 6.85. The second-order valence-corrected chi connectivity index (χ2v) is 11.0. The zero-order valence-corrected chi connectivity index (χ0v) is 22.2. The lowest BCUT2D eigenvalue weighted by molar-refractivity contribution is 0.0258. The van der Waals surface area contributed by atoms with Crippen LogP contribution in [-0.2, 0) is 23.3 Å². The summed E-state index contributed by atoms with van der Waals surface area (Å²) < 4.78 is 18.6. The molecule has 3 aromatic rings. The Morgan fingerprint density at radius 1 is 1.06 bits per heavy atom. The largest absolute Gasteiger partial charge is 0.444 e. The van der Waals surface area contributed by atoms with Crippen LogP contribution in [0, 0.1) is 17.7 Å². The molecule has 0 fully saturated rings. The zero-order chi connectivity index (χ0) is 25.7. The van der Waals surface area contributed by atoms with Crippen molar-refractivity contribution in [3.8, 4) is 11.8 Å². The summed E-state index contributed by atoms with van der Waals surface area (Å²) in [5.41, 5.74) is 4.36. The molecule has 0 bridgehead atoms. The van der Waals surface area contributed by atoms with E-state index >= 15 is 0 Å². The molecule has 2 aromatic carbocycles. The van der Waals surface area contributed by atoms with Crippen LogP contribution in [0.3, 0.4) is 0 Å². The van der Waals surface area contributed by atoms with E-state index in [1.807, 2.05) is 39.0 Å². The predicted molar refractivity (Wildman–Crippen MR) is 143 cm³/mol. The number of pyridine rings is 1. The average molecular weight is 523 g/mol. The number of nitrogens with zero attached hydrogens (tertiary/aromatic N) is 2. The van der Waals surface area contributed by atoms with Gasteiger partial charge in [0.1, 0.15) is 11.4 Å². The van der Waals surface area contributed by atoms with E-state index in [0.717, 1.165) is 34.6 Å². The predicted octanol–water partition coefficient (Wildman–Crippen LogP) is 6.90. The molecule has 2 heterocycles. The van der Waals surface area contributed by atoms with E-state index < -0.39 is 5.60 Å². The normalized spacial score (nSPS) is 13.3. The van der Waals surface area contributed by atoms with Crippen molar-refractivity contribution in [2.45, 2.75) is 49.9 Å². The van der Waals surface area contributed by atoms with Crippen LogP contribution in [-0.4, -0.2) is 34.7 Å². The van der Waals surface area contributed by atoms with Gasteiger partial charge < -0.3 is 9.64 Å². The van der Waals surface area contributed by atoms with Crippen LogP contribution in [0.25, 0.3) is 0 Å². The number of rotatable bonds is 3. The van der Waals surface area contributed by atoms with Gasteiger partial charge in [0.15, 0.2) is 0 Å². The molecule has 1 amide bonds. The maximum absolute atomic E-state index is 13.0. The number of aromatic nitrogens is 1. The van der Waals surface area contributed by atoms with Gasteiger partial charge in [0, 0.05) is 41.1 Å². The Bertz CT molecular complexity index is 1290. The number of hydrogen-bond donors (Lipinski definition) is 0. The first-order chi connectivity index (χ1) is 17.2. The fraction of sp³-hybridized carbons (Fsp3) is 0.310. The van der Waals surface area contributed by atoms with Crippen molar-refractivity contribution in [1.82, 2.24) is 9.88 Å². The minimum Gasteiger partial charge on any atom is -0.444 e. The third-order valence-electron chi connectivity index (χ3n) is 5.63. The molecule has 0 unspecified atom stereocenters. The monoisotopic (exact) mass is 522 g/mol. The number of thioether (sulfide) groups is 1. The standard InChI is InChI=1S/C29H28ClFN2O2S/c1-29(2,3)35-28(34)33-16-14-22-9-13-26(30)27(25(22)15-17-33)36-19-24-12-8-21(18-32-24)5-4-20-6-10-23(31)11-7-20/h6-13,18H,14-17,19H2,1-3H3. The zero-order valence-electron chi connectivity index (χ0n) is 20.6. The molecule has 1 aliphatic rings. The van der Waals surface area contributed by atoms with Gasteiger partial charge >= 0.3 is 6.09 Å². The first-order valence-electron chi connectivity index (χ1n) is 11.8. The number of hydrogen-bond acceptors (Lipinski definition) is 4. The van der Waals surface area contributed by atoms with E-state index in [0.29, 0.717) is 23.9 Å². The molecular formula is C29H28ClFN2O2S. The van der Waals surface area contributed by atoms with E-state index in [4.69, 9.17) is 16.3 Å². The molecule has 0 saturated carbocycles. The number of carbonyl (C=O) groups excluding carboxylic acids is 1. The van der Waals surface area contributed by atoms with E-state index in [1.165, 1.54) is 23.3 Å². The van der Waals surface area contributed by atoms with Gasteiger partial charge in [-0.1, -0.05) is 29.5 Å². The van der Waals surface area contributed by atoms with Crippen molar-refractivity contribution in [2.75, 3.05) is 13.1 Å². The van der Waals surface area contributed by atoms with Crippen LogP contribution in [0.4, 0.5) is 9.18 Å². The average Bonchev–Trinajstić information content (AvgIpc) is 3.06. The van der Waals surface area contributed by atoms with Crippen LogP contribution >= 0.6 is 23.4 Å². The Hall–Kier alpha value is -3.01. The summed E-state index contributed by atoms with van der Waals surface area (Å²) in [4.78, 5) is 20.0. The van der Waals surface area contributed by atoms with E-state index in [9.17, 15) is 9.18 Å². The highest BCUT2D eigenvalue weighted by atomic mass is 35.5. The molecule has 0 atom stereocenters. The second kappa shape index (κ2) is 11.4. The highest BCUT2D eigenvalue weighted by Gasteiger charge is 2.25. The number of amides is 1. The molecule has 0 saturated heterocycles. The Kier molecular flexibility index (Phi) is 8.23. The third kappa shape index (κ3) is 7.02. The van der Waals surface area contributed by atoms with Crippen LogP contribution in [0.2, 0.25) is 5.02 Å². The highest BCUT2D eigenvalue weighted by molar-refractivity contribution is 7.98. The van der Waals surface area contributed by atoms with E-state index in [1.54, 1.807) is 35.0 Å². The molecule has 1 aromatic heterocycles. The number of fused-ring (bicyclic) bond motifs is 1. The van der Waals surface area contributed by atoms with Crippen LogP contribution in [0.5, 0.6) is 0 Å². The summed E-state index contributed by atoms with van der Waals surface area (Å²) in [7, 11) is 0. The maximum atomic E-state index is 13.0. The lowest BCUT2D eigenvalue weighted by atomic mass is 10.0. The van der Waals surface area contributed by atoms with Gasteiger partial charge in [0.05, 0.1) is 10.7 Å². The van der Waals surface area contributed by atoms with Crippen molar-refractivity contribution in [3.05, 3.63) is 93.5 Å². The first-order valence-corrected chi connectivity index (χ1v) is 13.2. The third-order valence-corrected chi connectivity index (χ3v) is 7.25. The molecule has 4 nitrogen and oxygen atoms in total. The summed E-state index contributed by atoms with van der Waals surface area (Å²) in [6.07, 6.45) is 2.96. The number of ether oxygens (including phenoxy) is 1. The molecule has 7 heteroatoms. The SMILES string of the molecule is CC(C)(C)OC(=O)N1CCc2ccc(Cl)c(SCc3ccc(C#Cc4ccc(F)cc4)cn3)c2CC1. The number of halogens is 2. The summed E-state index contributed by atoms with van der Waals surface area (Å²) in [5, 5.41) is 0.714. The summed E-state index contributed by atoms with van der Waals surface area (Å²) >= 11 is 8.27. The second-order valence-electron chi connectivity index (χ2n) is 9.57.